The Morgan fingerprint density at radius 1 is 1.20 bits per heavy atom. The summed E-state index contributed by atoms with van der Waals surface area (Å²) in [7, 11) is 1.66. The van der Waals surface area contributed by atoms with E-state index in [0.717, 1.165) is 31.2 Å². The van der Waals surface area contributed by atoms with Crippen LogP contribution < -0.4 is 0 Å². The van der Waals surface area contributed by atoms with Crippen molar-refractivity contribution in [3.05, 3.63) is 48.2 Å². The van der Waals surface area contributed by atoms with Gasteiger partial charge in [0.25, 0.3) is 0 Å². The molecule has 160 valence electrons. The van der Waals surface area contributed by atoms with Gasteiger partial charge in [-0.2, -0.15) is 0 Å². The summed E-state index contributed by atoms with van der Waals surface area (Å²) >= 11 is 0. The zero-order chi connectivity index (χ0) is 21.0. The standard InChI is InChI=1S/C24H31N3O3/c1-30-17-16-27-13-5-4-10-24(23(27)29)11-14-26(15-12-24)22(28)9-8-19-18-25-21-7-3-2-6-20(19)21/h2-7,18,25H,8-17H2,1H3. The summed E-state index contributed by atoms with van der Waals surface area (Å²) in [6.45, 7) is 3.13. The molecule has 2 aromatic rings. The van der Waals surface area contributed by atoms with Crippen molar-refractivity contribution in [3.63, 3.8) is 0 Å². The Bertz CT molecular complexity index is 925. The fourth-order valence-electron chi connectivity index (χ4n) is 4.75. The van der Waals surface area contributed by atoms with Crippen LogP contribution in [0.1, 0.15) is 31.2 Å². The third-order valence-electron chi connectivity index (χ3n) is 6.66. The van der Waals surface area contributed by atoms with Gasteiger partial charge < -0.3 is 19.5 Å². The van der Waals surface area contributed by atoms with Crippen LogP contribution >= 0.6 is 0 Å². The predicted octanol–water partition coefficient (Wildman–Crippen LogP) is 3.14. The van der Waals surface area contributed by atoms with Crippen LogP contribution in [0.2, 0.25) is 0 Å². The van der Waals surface area contributed by atoms with Gasteiger partial charge in [-0.15, -0.1) is 0 Å². The van der Waals surface area contributed by atoms with Gasteiger partial charge in [0, 0.05) is 56.8 Å². The number of fused-ring (bicyclic) bond motifs is 1. The summed E-state index contributed by atoms with van der Waals surface area (Å²) in [6, 6.07) is 8.19. The normalized spacial score (nSPS) is 18.9. The molecule has 4 rings (SSSR count). The van der Waals surface area contributed by atoms with Crippen molar-refractivity contribution in [1.29, 1.82) is 0 Å². The third-order valence-corrected chi connectivity index (χ3v) is 6.66. The lowest BCUT2D eigenvalue weighted by Crippen LogP contribution is -2.51. The molecule has 6 heteroatoms. The number of methoxy groups -OCH3 is 1. The minimum absolute atomic E-state index is 0.183. The van der Waals surface area contributed by atoms with Crippen molar-refractivity contribution in [1.82, 2.24) is 14.8 Å². The minimum Gasteiger partial charge on any atom is -0.383 e. The van der Waals surface area contributed by atoms with Crippen LogP contribution in [-0.2, 0) is 20.7 Å². The lowest BCUT2D eigenvalue weighted by atomic mass is 9.74. The summed E-state index contributed by atoms with van der Waals surface area (Å²) in [5, 5.41) is 1.19. The number of H-pyrrole nitrogens is 1. The number of aryl methyl sites for hydroxylation is 1. The van der Waals surface area contributed by atoms with Crippen LogP contribution in [0.3, 0.4) is 0 Å². The van der Waals surface area contributed by atoms with E-state index in [9.17, 15) is 9.59 Å². The van der Waals surface area contributed by atoms with Crippen molar-refractivity contribution < 1.29 is 14.3 Å². The zero-order valence-electron chi connectivity index (χ0n) is 17.7. The van der Waals surface area contributed by atoms with Gasteiger partial charge >= 0.3 is 0 Å². The summed E-state index contributed by atoms with van der Waals surface area (Å²) in [5.41, 5.74) is 1.93. The molecular formula is C24H31N3O3. The molecular weight excluding hydrogens is 378 g/mol. The molecule has 3 heterocycles. The molecule has 0 atom stereocenters. The second-order valence-electron chi connectivity index (χ2n) is 8.44. The Morgan fingerprint density at radius 2 is 2.00 bits per heavy atom. The van der Waals surface area contributed by atoms with E-state index >= 15 is 0 Å². The molecule has 0 bridgehead atoms. The van der Waals surface area contributed by atoms with Crippen LogP contribution in [0, 0.1) is 5.41 Å². The molecule has 0 unspecified atom stereocenters. The van der Waals surface area contributed by atoms with E-state index in [0.29, 0.717) is 39.2 Å². The maximum atomic E-state index is 13.2. The topological polar surface area (TPSA) is 65.6 Å². The maximum absolute atomic E-state index is 13.2. The van der Waals surface area contributed by atoms with Crippen molar-refractivity contribution in [3.8, 4) is 0 Å². The summed E-state index contributed by atoms with van der Waals surface area (Å²) < 4.78 is 5.17. The lowest BCUT2D eigenvalue weighted by molar-refractivity contribution is -0.148. The SMILES string of the molecule is COCCN1CC=CCC2(CCN(C(=O)CCc3c[nH]c4ccccc34)CC2)C1=O. The first-order chi connectivity index (χ1) is 14.6. The number of allylic oxidation sites excluding steroid dienone is 1. The van der Waals surface area contributed by atoms with E-state index in [-0.39, 0.29) is 17.2 Å². The molecule has 1 aromatic heterocycles. The average Bonchev–Trinajstić information content (AvgIpc) is 3.13. The van der Waals surface area contributed by atoms with Crippen LogP contribution in [0.5, 0.6) is 0 Å². The number of ether oxygens (including phenoxy) is 1. The number of para-hydroxylation sites is 1. The number of likely N-dealkylation sites (tertiary alicyclic amines) is 1. The van der Waals surface area contributed by atoms with Gasteiger partial charge in [0.2, 0.25) is 11.8 Å². The maximum Gasteiger partial charge on any atom is 0.229 e. The van der Waals surface area contributed by atoms with Crippen molar-refractivity contribution in [2.75, 3.05) is 39.9 Å². The van der Waals surface area contributed by atoms with Crippen molar-refractivity contribution >= 4 is 22.7 Å². The van der Waals surface area contributed by atoms with E-state index in [1.165, 1.54) is 10.9 Å². The summed E-state index contributed by atoms with van der Waals surface area (Å²) in [4.78, 5) is 33.2. The molecule has 1 aromatic carbocycles. The molecule has 30 heavy (non-hydrogen) atoms. The van der Waals surface area contributed by atoms with E-state index in [2.05, 4.69) is 29.3 Å². The Hall–Kier alpha value is -2.60. The number of hydrogen-bond donors (Lipinski definition) is 1. The third kappa shape index (κ3) is 4.15. The molecule has 1 N–H and O–H groups in total. The first kappa shape index (κ1) is 20.7. The van der Waals surface area contributed by atoms with Crippen LogP contribution in [0.25, 0.3) is 10.9 Å². The Balaban J connectivity index is 1.34. The molecule has 2 aliphatic heterocycles. The highest BCUT2D eigenvalue weighted by Crippen LogP contribution is 2.39. The number of hydrogen-bond acceptors (Lipinski definition) is 3. The average molecular weight is 410 g/mol. The van der Waals surface area contributed by atoms with Gasteiger partial charge in [0.15, 0.2) is 0 Å². The highest BCUT2D eigenvalue weighted by Gasteiger charge is 2.44. The number of carbonyl (C=O) groups is 2. The summed E-state index contributed by atoms with van der Waals surface area (Å²) in [6.07, 6.45) is 9.71. The number of nitrogens with zero attached hydrogens (tertiary/aromatic N) is 2. The van der Waals surface area contributed by atoms with E-state index in [1.807, 2.05) is 28.1 Å². The molecule has 0 aliphatic carbocycles. The minimum atomic E-state index is -0.367. The molecule has 6 nitrogen and oxygen atoms in total. The van der Waals surface area contributed by atoms with Gasteiger partial charge in [-0.25, -0.2) is 0 Å². The van der Waals surface area contributed by atoms with Crippen LogP contribution in [0.15, 0.2) is 42.6 Å². The molecule has 1 fully saturated rings. The number of aromatic nitrogens is 1. The fourth-order valence-corrected chi connectivity index (χ4v) is 4.75. The fraction of sp³-hybridized carbons (Fsp3) is 0.500. The number of aromatic amines is 1. The molecule has 1 saturated heterocycles. The number of benzene rings is 1. The van der Waals surface area contributed by atoms with Crippen molar-refractivity contribution in [2.45, 2.75) is 32.1 Å². The monoisotopic (exact) mass is 409 g/mol. The first-order valence-corrected chi connectivity index (χ1v) is 10.9. The molecule has 0 radical (unpaired) electrons. The lowest BCUT2D eigenvalue weighted by Gasteiger charge is -2.42. The van der Waals surface area contributed by atoms with Crippen LogP contribution in [0.4, 0.5) is 0 Å². The van der Waals surface area contributed by atoms with E-state index in [1.54, 1.807) is 7.11 Å². The Kier molecular flexibility index (Phi) is 6.23. The smallest absolute Gasteiger partial charge is 0.229 e. The molecule has 0 saturated carbocycles. The molecule has 2 amide bonds. The highest BCUT2D eigenvalue weighted by molar-refractivity contribution is 5.85. The first-order valence-electron chi connectivity index (χ1n) is 10.9. The summed E-state index contributed by atoms with van der Waals surface area (Å²) in [5.74, 6) is 0.401. The number of carbonyl (C=O) groups excluding carboxylic acids is 2. The number of piperidine rings is 1. The second-order valence-corrected chi connectivity index (χ2v) is 8.44. The molecule has 1 spiro atoms. The van der Waals surface area contributed by atoms with E-state index < -0.39 is 0 Å². The quantitative estimate of drug-likeness (QED) is 0.746. The largest absolute Gasteiger partial charge is 0.383 e. The second kappa shape index (κ2) is 9.04. The van der Waals surface area contributed by atoms with Gasteiger partial charge in [0.05, 0.1) is 12.0 Å². The Labute approximate surface area is 177 Å². The van der Waals surface area contributed by atoms with Crippen molar-refractivity contribution in [2.24, 2.45) is 5.41 Å². The predicted molar refractivity (Wildman–Crippen MR) is 117 cm³/mol. The Morgan fingerprint density at radius 3 is 2.80 bits per heavy atom. The number of amides is 2. The van der Waals surface area contributed by atoms with E-state index in [4.69, 9.17) is 4.74 Å². The van der Waals surface area contributed by atoms with Gasteiger partial charge in [-0.3, -0.25) is 9.59 Å². The number of rotatable bonds is 6. The van der Waals surface area contributed by atoms with Gasteiger partial charge in [-0.05, 0) is 37.3 Å². The van der Waals surface area contributed by atoms with Crippen LogP contribution in [-0.4, -0.2) is 66.5 Å². The highest BCUT2D eigenvalue weighted by atomic mass is 16.5. The zero-order valence-corrected chi connectivity index (χ0v) is 17.7. The number of nitrogens with one attached hydrogen (secondary N) is 1. The van der Waals surface area contributed by atoms with Gasteiger partial charge in [-0.1, -0.05) is 30.4 Å². The van der Waals surface area contributed by atoms with Gasteiger partial charge in [0.1, 0.15) is 0 Å². The molecule has 2 aliphatic rings.